The Balaban J connectivity index is 1.94. The fourth-order valence-corrected chi connectivity index (χ4v) is 2.96. The van der Waals surface area contributed by atoms with Gasteiger partial charge >= 0.3 is 0 Å². The summed E-state index contributed by atoms with van der Waals surface area (Å²) >= 11 is 0. The number of hydrogen-bond donors (Lipinski definition) is 1. The first-order valence-electron chi connectivity index (χ1n) is 7.15. The van der Waals surface area contributed by atoms with Gasteiger partial charge in [-0.3, -0.25) is 0 Å². The Kier molecular flexibility index (Phi) is 4.69. The van der Waals surface area contributed by atoms with Crippen molar-refractivity contribution in [2.75, 3.05) is 6.54 Å². The van der Waals surface area contributed by atoms with Crippen LogP contribution in [0.25, 0.3) is 0 Å². The molecule has 1 aromatic heterocycles. The van der Waals surface area contributed by atoms with Crippen LogP contribution in [0.1, 0.15) is 45.4 Å². The van der Waals surface area contributed by atoms with Crippen molar-refractivity contribution in [3.63, 3.8) is 0 Å². The molecule has 1 fully saturated rings. The highest BCUT2D eigenvalue weighted by atomic mass is 15.6. The lowest BCUT2D eigenvalue weighted by atomic mass is 9.78. The molecular weight excluding hydrogens is 226 g/mol. The molecule has 0 saturated heterocycles. The topological polar surface area (TPSA) is 55.6 Å². The standard InChI is InChI=1S/C13H25N5/c1-4-14-12(9-13-15-17-18(3)16-13)11-7-5-10(2)6-8-11/h10-12,14H,4-9H2,1-3H3. The van der Waals surface area contributed by atoms with Crippen molar-refractivity contribution in [2.24, 2.45) is 18.9 Å². The van der Waals surface area contributed by atoms with Gasteiger partial charge in [-0.05, 0) is 36.4 Å². The maximum Gasteiger partial charge on any atom is 0.176 e. The number of hydrogen-bond acceptors (Lipinski definition) is 4. The Labute approximate surface area is 109 Å². The van der Waals surface area contributed by atoms with Gasteiger partial charge in [0.05, 0.1) is 7.05 Å². The molecule has 0 bridgehead atoms. The van der Waals surface area contributed by atoms with Gasteiger partial charge in [0.15, 0.2) is 5.82 Å². The molecule has 0 spiro atoms. The van der Waals surface area contributed by atoms with Crippen LogP contribution in [0.5, 0.6) is 0 Å². The molecule has 1 saturated carbocycles. The van der Waals surface area contributed by atoms with Gasteiger partial charge < -0.3 is 5.32 Å². The van der Waals surface area contributed by atoms with Crippen molar-refractivity contribution < 1.29 is 0 Å². The highest BCUT2D eigenvalue weighted by Gasteiger charge is 2.26. The molecule has 1 aromatic rings. The lowest BCUT2D eigenvalue weighted by Crippen LogP contribution is -2.39. The largest absolute Gasteiger partial charge is 0.314 e. The van der Waals surface area contributed by atoms with Crippen LogP contribution in [0.3, 0.4) is 0 Å². The summed E-state index contributed by atoms with van der Waals surface area (Å²) in [5.41, 5.74) is 0. The molecule has 1 heterocycles. The third-order valence-electron chi connectivity index (χ3n) is 4.05. The first-order chi connectivity index (χ1) is 8.69. The highest BCUT2D eigenvalue weighted by Crippen LogP contribution is 2.31. The highest BCUT2D eigenvalue weighted by molar-refractivity contribution is 4.89. The summed E-state index contributed by atoms with van der Waals surface area (Å²) in [6, 6.07) is 0.506. The minimum absolute atomic E-state index is 0.506. The van der Waals surface area contributed by atoms with Crippen LogP contribution < -0.4 is 5.32 Å². The van der Waals surface area contributed by atoms with Crippen molar-refractivity contribution >= 4 is 0 Å². The number of aromatic nitrogens is 4. The zero-order valence-corrected chi connectivity index (χ0v) is 11.8. The van der Waals surface area contributed by atoms with Crippen LogP contribution in [-0.2, 0) is 13.5 Å². The SMILES string of the molecule is CCNC(Cc1nnn(C)n1)C1CCC(C)CC1. The van der Waals surface area contributed by atoms with E-state index in [0.29, 0.717) is 6.04 Å². The number of rotatable bonds is 5. The van der Waals surface area contributed by atoms with Crippen molar-refractivity contribution in [3.05, 3.63) is 5.82 Å². The fourth-order valence-electron chi connectivity index (χ4n) is 2.96. The first-order valence-corrected chi connectivity index (χ1v) is 7.15. The number of nitrogens with zero attached hydrogens (tertiary/aromatic N) is 4. The van der Waals surface area contributed by atoms with E-state index in [2.05, 4.69) is 34.6 Å². The quantitative estimate of drug-likeness (QED) is 0.863. The molecule has 2 rings (SSSR count). The van der Waals surface area contributed by atoms with Crippen LogP contribution >= 0.6 is 0 Å². The molecule has 1 atom stereocenters. The Hall–Kier alpha value is -0.970. The number of nitrogens with one attached hydrogen (secondary N) is 1. The molecule has 0 radical (unpaired) electrons. The molecular formula is C13H25N5. The van der Waals surface area contributed by atoms with Crippen molar-refractivity contribution in [3.8, 4) is 0 Å². The number of likely N-dealkylation sites (N-methyl/N-ethyl adjacent to an activating group) is 1. The van der Waals surface area contributed by atoms with Crippen LogP contribution in [0.4, 0.5) is 0 Å². The zero-order chi connectivity index (χ0) is 13.0. The van der Waals surface area contributed by atoms with Gasteiger partial charge in [0, 0.05) is 12.5 Å². The van der Waals surface area contributed by atoms with E-state index in [9.17, 15) is 0 Å². The van der Waals surface area contributed by atoms with E-state index in [1.807, 2.05) is 7.05 Å². The van der Waals surface area contributed by atoms with Crippen LogP contribution in [0, 0.1) is 11.8 Å². The summed E-state index contributed by atoms with van der Waals surface area (Å²) in [6.45, 7) is 5.54. The predicted octanol–water partition coefficient (Wildman–Crippen LogP) is 1.56. The average Bonchev–Trinajstić information content (AvgIpc) is 2.75. The summed E-state index contributed by atoms with van der Waals surface area (Å²) < 4.78 is 0. The molecule has 0 amide bonds. The van der Waals surface area contributed by atoms with Crippen LogP contribution in [0.15, 0.2) is 0 Å². The van der Waals surface area contributed by atoms with Gasteiger partial charge in [-0.25, -0.2) is 0 Å². The van der Waals surface area contributed by atoms with Gasteiger partial charge in [-0.15, -0.1) is 10.2 Å². The molecule has 0 aliphatic heterocycles. The Bertz CT molecular complexity index is 354. The maximum absolute atomic E-state index is 4.30. The van der Waals surface area contributed by atoms with E-state index in [1.54, 1.807) is 4.80 Å². The third kappa shape index (κ3) is 3.51. The fraction of sp³-hybridized carbons (Fsp3) is 0.923. The van der Waals surface area contributed by atoms with E-state index in [4.69, 9.17) is 0 Å². The molecule has 5 nitrogen and oxygen atoms in total. The summed E-state index contributed by atoms with van der Waals surface area (Å²) in [5.74, 6) is 2.53. The third-order valence-corrected chi connectivity index (χ3v) is 4.05. The summed E-state index contributed by atoms with van der Waals surface area (Å²) in [7, 11) is 1.82. The molecule has 1 aliphatic carbocycles. The first kappa shape index (κ1) is 13.5. The second-order valence-corrected chi connectivity index (χ2v) is 5.58. The summed E-state index contributed by atoms with van der Waals surface area (Å²) in [6.07, 6.45) is 6.29. The maximum atomic E-state index is 4.30. The van der Waals surface area contributed by atoms with Crippen LogP contribution in [-0.4, -0.2) is 32.8 Å². The van der Waals surface area contributed by atoms with Crippen molar-refractivity contribution in [1.82, 2.24) is 25.5 Å². The molecule has 1 N–H and O–H groups in total. The van der Waals surface area contributed by atoms with Gasteiger partial charge in [0.25, 0.3) is 0 Å². The predicted molar refractivity (Wildman–Crippen MR) is 71.1 cm³/mol. The molecule has 1 unspecified atom stereocenters. The van der Waals surface area contributed by atoms with E-state index >= 15 is 0 Å². The molecule has 0 aromatic carbocycles. The molecule has 18 heavy (non-hydrogen) atoms. The van der Waals surface area contributed by atoms with Gasteiger partial charge in [-0.1, -0.05) is 26.7 Å². The lowest BCUT2D eigenvalue weighted by molar-refractivity contribution is 0.229. The Morgan fingerprint density at radius 2 is 2.06 bits per heavy atom. The van der Waals surface area contributed by atoms with E-state index in [0.717, 1.165) is 30.6 Å². The number of tetrazole rings is 1. The normalized spacial score (nSPS) is 26.2. The smallest absolute Gasteiger partial charge is 0.176 e. The molecule has 102 valence electrons. The Morgan fingerprint density at radius 3 is 2.61 bits per heavy atom. The average molecular weight is 251 g/mol. The van der Waals surface area contributed by atoms with E-state index < -0.39 is 0 Å². The van der Waals surface area contributed by atoms with Crippen LogP contribution in [0.2, 0.25) is 0 Å². The second kappa shape index (κ2) is 6.27. The van der Waals surface area contributed by atoms with Gasteiger partial charge in [-0.2, -0.15) is 4.80 Å². The van der Waals surface area contributed by atoms with Gasteiger partial charge in [0.1, 0.15) is 0 Å². The monoisotopic (exact) mass is 251 g/mol. The zero-order valence-electron chi connectivity index (χ0n) is 11.8. The molecule has 1 aliphatic rings. The van der Waals surface area contributed by atoms with E-state index in [-0.39, 0.29) is 0 Å². The second-order valence-electron chi connectivity index (χ2n) is 5.58. The van der Waals surface area contributed by atoms with E-state index in [1.165, 1.54) is 25.7 Å². The minimum Gasteiger partial charge on any atom is -0.314 e. The lowest BCUT2D eigenvalue weighted by Gasteiger charge is -2.32. The molecule has 5 heteroatoms. The summed E-state index contributed by atoms with van der Waals surface area (Å²) in [5, 5.41) is 15.9. The van der Waals surface area contributed by atoms with Crippen molar-refractivity contribution in [1.29, 1.82) is 0 Å². The minimum atomic E-state index is 0.506. The summed E-state index contributed by atoms with van der Waals surface area (Å²) in [4.78, 5) is 1.54. The van der Waals surface area contributed by atoms with Gasteiger partial charge in [0.2, 0.25) is 0 Å². The number of aryl methyl sites for hydroxylation is 1. The Morgan fingerprint density at radius 1 is 1.33 bits per heavy atom. The van der Waals surface area contributed by atoms with Crippen molar-refractivity contribution in [2.45, 2.75) is 52.0 Å².